The van der Waals surface area contributed by atoms with Gasteiger partial charge in [-0.15, -0.1) is 0 Å². The molecular formula is C14H14ClN3O3S. The van der Waals surface area contributed by atoms with Crippen molar-refractivity contribution < 1.29 is 13.2 Å². The van der Waals surface area contributed by atoms with Crippen LogP contribution >= 0.6 is 11.6 Å². The fourth-order valence-electron chi connectivity index (χ4n) is 1.76. The molecule has 0 saturated carbocycles. The Morgan fingerprint density at radius 2 is 1.91 bits per heavy atom. The Bertz CT molecular complexity index is 779. The number of aromatic nitrogens is 1. The first-order chi connectivity index (χ1) is 10.3. The largest absolute Gasteiger partial charge is 0.348 e. The van der Waals surface area contributed by atoms with Gasteiger partial charge in [0.1, 0.15) is 0 Å². The molecule has 0 aliphatic heterocycles. The summed E-state index contributed by atoms with van der Waals surface area (Å²) in [6.45, 7) is 0.321. The van der Waals surface area contributed by atoms with Crippen molar-refractivity contribution in [1.29, 1.82) is 0 Å². The molecule has 1 aromatic heterocycles. The number of benzene rings is 1. The van der Waals surface area contributed by atoms with Crippen LogP contribution < -0.4 is 10.0 Å². The number of halogens is 1. The van der Waals surface area contributed by atoms with E-state index in [4.69, 9.17) is 11.6 Å². The molecule has 0 aliphatic rings. The van der Waals surface area contributed by atoms with E-state index in [9.17, 15) is 13.2 Å². The predicted octanol–water partition coefficient (Wildman–Crippen LogP) is 2.04. The van der Waals surface area contributed by atoms with Crippen molar-refractivity contribution in [3.8, 4) is 0 Å². The highest BCUT2D eigenvalue weighted by molar-refractivity contribution is 7.92. The van der Waals surface area contributed by atoms with Crippen LogP contribution in [0, 0.1) is 0 Å². The molecule has 0 bridgehead atoms. The van der Waals surface area contributed by atoms with Crippen LogP contribution in [0.2, 0.25) is 5.02 Å². The second-order valence-electron chi connectivity index (χ2n) is 4.61. The van der Waals surface area contributed by atoms with Gasteiger partial charge in [-0.1, -0.05) is 11.6 Å². The van der Waals surface area contributed by atoms with Crippen LogP contribution in [-0.2, 0) is 16.6 Å². The predicted molar refractivity (Wildman–Crippen MR) is 85.3 cm³/mol. The quantitative estimate of drug-likeness (QED) is 0.872. The SMILES string of the molecule is CS(=O)(=O)Nc1ccc(Cl)c(C(=O)NCc2ccncc2)c1. The number of rotatable bonds is 5. The molecule has 0 atom stereocenters. The van der Waals surface area contributed by atoms with E-state index in [0.29, 0.717) is 6.54 Å². The fraction of sp³-hybridized carbons (Fsp3) is 0.143. The minimum atomic E-state index is -3.42. The number of sulfonamides is 1. The van der Waals surface area contributed by atoms with Crippen LogP contribution in [0.3, 0.4) is 0 Å². The van der Waals surface area contributed by atoms with Crippen molar-refractivity contribution in [1.82, 2.24) is 10.3 Å². The smallest absolute Gasteiger partial charge is 0.253 e. The van der Waals surface area contributed by atoms with Gasteiger partial charge in [0.15, 0.2) is 0 Å². The van der Waals surface area contributed by atoms with Crippen molar-refractivity contribution in [2.24, 2.45) is 0 Å². The molecular weight excluding hydrogens is 326 g/mol. The Kier molecular flexibility index (Phi) is 4.99. The second kappa shape index (κ2) is 6.76. The van der Waals surface area contributed by atoms with Gasteiger partial charge in [0.05, 0.1) is 16.8 Å². The number of carbonyl (C=O) groups is 1. The van der Waals surface area contributed by atoms with Crippen molar-refractivity contribution in [3.63, 3.8) is 0 Å². The van der Waals surface area contributed by atoms with E-state index in [0.717, 1.165) is 11.8 Å². The van der Waals surface area contributed by atoms with Gasteiger partial charge < -0.3 is 5.32 Å². The molecule has 0 radical (unpaired) electrons. The van der Waals surface area contributed by atoms with Crippen molar-refractivity contribution >= 4 is 33.2 Å². The van der Waals surface area contributed by atoms with Gasteiger partial charge in [0.25, 0.3) is 5.91 Å². The molecule has 0 saturated heterocycles. The zero-order valence-corrected chi connectivity index (χ0v) is 13.3. The van der Waals surface area contributed by atoms with E-state index in [1.807, 2.05) is 0 Å². The number of pyridine rings is 1. The van der Waals surface area contributed by atoms with E-state index in [1.54, 1.807) is 24.5 Å². The zero-order valence-electron chi connectivity index (χ0n) is 11.7. The molecule has 0 unspecified atom stereocenters. The average molecular weight is 340 g/mol. The van der Waals surface area contributed by atoms with Gasteiger partial charge in [0, 0.05) is 24.6 Å². The summed E-state index contributed by atoms with van der Waals surface area (Å²) < 4.78 is 24.8. The Balaban J connectivity index is 2.13. The molecule has 8 heteroatoms. The van der Waals surface area contributed by atoms with E-state index < -0.39 is 10.0 Å². The van der Waals surface area contributed by atoms with E-state index in [-0.39, 0.29) is 22.2 Å². The average Bonchev–Trinajstić information content (AvgIpc) is 2.46. The number of nitrogens with one attached hydrogen (secondary N) is 2. The minimum Gasteiger partial charge on any atom is -0.348 e. The summed E-state index contributed by atoms with van der Waals surface area (Å²) in [4.78, 5) is 16.1. The fourth-order valence-corrected chi connectivity index (χ4v) is 2.51. The third-order valence-corrected chi connectivity index (χ3v) is 3.65. The molecule has 1 aromatic carbocycles. The maximum Gasteiger partial charge on any atom is 0.253 e. The van der Waals surface area contributed by atoms with Crippen LogP contribution in [0.4, 0.5) is 5.69 Å². The number of hydrogen-bond donors (Lipinski definition) is 2. The first-order valence-electron chi connectivity index (χ1n) is 6.29. The van der Waals surface area contributed by atoms with Gasteiger partial charge in [-0.05, 0) is 35.9 Å². The lowest BCUT2D eigenvalue weighted by Gasteiger charge is -2.09. The molecule has 0 spiro atoms. The second-order valence-corrected chi connectivity index (χ2v) is 6.76. The van der Waals surface area contributed by atoms with E-state index in [1.165, 1.54) is 18.2 Å². The molecule has 2 N–H and O–H groups in total. The summed E-state index contributed by atoms with van der Waals surface area (Å²) in [5, 5.41) is 2.96. The minimum absolute atomic E-state index is 0.198. The number of carbonyl (C=O) groups excluding carboxylic acids is 1. The maximum atomic E-state index is 12.2. The Morgan fingerprint density at radius 1 is 1.23 bits per heavy atom. The van der Waals surface area contributed by atoms with Crippen LogP contribution in [0.15, 0.2) is 42.7 Å². The maximum absolute atomic E-state index is 12.2. The van der Waals surface area contributed by atoms with Gasteiger partial charge in [-0.2, -0.15) is 0 Å². The Labute approximate surface area is 133 Å². The molecule has 22 heavy (non-hydrogen) atoms. The summed E-state index contributed by atoms with van der Waals surface area (Å²) in [5.74, 6) is -0.390. The molecule has 0 fully saturated rings. The monoisotopic (exact) mass is 339 g/mol. The third-order valence-electron chi connectivity index (χ3n) is 2.72. The van der Waals surface area contributed by atoms with Gasteiger partial charge >= 0.3 is 0 Å². The summed E-state index contributed by atoms with van der Waals surface area (Å²) >= 11 is 6.00. The van der Waals surface area contributed by atoms with E-state index in [2.05, 4.69) is 15.0 Å². The molecule has 2 rings (SSSR count). The summed E-state index contributed by atoms with van der Waals surface area (Å²) in [6.07, 6.45) is 4.29. The first kappa shape index (κ1) is 16.3. The Morgan fingerprint density at radius 3 is 2.55 bits per heavy atom. The van der Waals surface area contributed by atoms with Crippen molar-refractivity contribution in [3.05, 3.63) is 58.9 Å². The number of anilines is 1. The highest BCUT2D eigenvalue weighted by atomic mass is 35.5. The first-order valence-corrected chi connectivity index (χ1v) is 8.56. The van der Waals surface area contributed by atoms with Crippen molar-refractivity contribution in [2.75, 3.05) is 11.0 Å². The topological polar surface area (TPSA) is 88.2 Å². The number of nitrogens with zero attached hydrogens (tertiary/aromatic N) is 1. The summed E-state index contributed by atoms with van der Waals surface area (Å²) in [7, 11) is -3.42. The van der Waals surface area contributed by atoms with Crippen LogP contribution in [0.25, 0.3) is 0 Å². The Hall–Kier alpha value is -2.12. The molecule has 1 amide bonds. The van der Waals surface area contributed by atoms with Crippen molar-refractivity contribution in [2.45, 2.75) is 6.54 Å². The van der Waals surface area contributed by atoms with Gasteiger partial charge in [-0.3, -0.25) is 14.5 Å². The molecule has 0 aliphatic carbocycles. The van der Waals surface area contributed by atoms with Gasteiger partial charge in [-0.25, -0.2) is 8.42 Å². The normalized spacial score (nSPS) is 11.0. The molecule has 1 heterocycles. The molecule has 6 nitrogen and oxygen atoms in total. The standard InChI is InChI=1S/C14H14ClN3O3S/c1-22(20,21)18-11-2-3-13(15)12(8-11)14(19)17-9-10-4-6-16-7-5-10/h2-8,18H,9H2,1H3,(H,17,19). The highest BCUT2D eigenvalue weighted by Gasteiger charge is 2.12. The third kappa shape index (κ3) is 4.71. The lowest BCUT2D eigenvalue weighted by Crippen LogP contribution is -2.23. The van der Waals surface area contributed by atoms with Crippen LogP contribution in [-0.4, -0.2) is 25.6 Å². The summed E-state index contributed by atoms with van der Waals surface area (Å²) in [6, 6.07) is 7.91. The lowest BCUT2D eigenvalue weighted by molar-refractivity contribution is 0.0951. The van der Waals surface area contributed by atoms with E-state index >= 15 is 0 Å². The van der Waals surface area contributed by atoms with Crippen LogP contribution in [0.5, 0.6) is 0 Å². The van der Waals surface area contributed by atoms with Crippen LogP contribution in [0.1, 0.15) is 15.9 Å². The number of hydrogen-bond acceptors (Lipinski definition) is 4. The molecule has 116 valence electrons. The zero-order chi connectivity index (χ0) is 16.2. The lowest BCUT2D eigenvalue weighted by atomic mass is 10.2. The highest BCUT2D eigenvalue weighted by Crippen LogP contribution is 2.21. The number of amides is 1. The van der Waals surface area contributed by atoms with Gasteiger partial charge in [0.2, 0.25) is 10.0 Å². The molecule has 2 aromatic rings. The summed E-state index contributed by atoms with van der Waals surface area (Å²) in [5.41, 5.74) is 1.37.